The molecule has 0 aliphatic rings. The molecule has 2 rings (SSSR count). The molecular weight excluding hydrogens is 382 g/mol. The number of rotatable bonds is 6. The molecule has 24 heavy (non-hydrogen) atoms. The SMILES string of the molecule is O=C(COc1ccccc1[N+](=O)[O-])NN=Cc1cc(O)ccc1Br. The Morgan fingerprint density at radius 1 is 1.38 bits per heavy atom. The van der Waals surface area contributed by atoms with Crippen LogP contribution < -0.4 is 10.2 Å². The van der Waals surface area contributed by atoms with Gasteiger partial charge in [-0.3, -0.25) is 14.9 Å². The minimum Gasteiger partial charge on any atom is -0.508 e. The monoisotopic (exact) mass is 393 g/mol. The molecule has 1 amide bonds. The molecule has 2 N–H and O–H groups in total. The number of benzene rings is 2. The number of para-hydroxylation sites is 2. The van der Waals surface area contributed by atoms with E-state index in [1.54, 1.807) is 12.1 Å². The van der Waals surface area contributed by atoms with Crippen molar-refractivity contribution in [2.24, 2.45) is 5.10 Å². The fraction of sp³-hybridized carbons (Fsp3) is 0.0667. The number of carbonyl (C=O) groups is 1. The van der Waals surface area contributed by atoms with Crippen LogP contribution in [-0.2, 0) is 4.79 Å². The van der Waals surface area contributed by atoms with Gasteiger partial charge in [-0.1, -0.05) is 28.1 Å². The van der Waals surface area contributed by atoms with Crippen molar-refractivity contribution in [3.63, 3.8) is 0 Å². The Hall–Kier alpha value is -2.94. The van der Waals surface area contributed by atoms with Crippen LogP contribution in [0.2, 0.25) is 0 Å². The number of phenols is 1. The zero-order valence-corrected chi connectivity index (χ0v) is 13.8. The molecule has 0 heterocycles. The van der Waals surface area contributed by atoms with Gasteiger partial charge in [0.15, 0.2) is 12.4 Å². The van der Waals surface area contributed by atoms with Crippen LogP contribution in [0.15, 0.2) is 52.0 Å². The van der Waals surface area contributed by atoms with Gasteiger partial charge in [-0.05, 0) is 24.3 Å². The molecular formula is C15H12BrN3O5. The van der Waals surface area contributed by atoms with Crippen molar-refractivity contribution in [1.29, 1.82) is 0 Å². The summed E-state index contributed by atoms with van der Waals surface area (Å²) in [4.78, 5) is 21.9. The maximum atomic E-state index is 11.7. The number of carbonyl (C=O) groups excluding carboxylic acids is 1. The van der Waals surface area contributed by atoms with Crippen molar-refractivity contribution in [3.8, 4) is 11.5 Å². The number of amides is 1. The van der Waals surface area contributed by atoms with E-state index in [4.69, 9.17) is 4.74 Å². The van der Waals surface area contributed by atoms with Crippen molar-refractivity contribution in [2.45, 2.75) is 0 Å². The van der Waals surface area contributed by atoms with Crippen LogP contribution in [0.1, 0.15) is 5.56 Å². The van der Waals surface area contributed by atoms with Crippen molar-refractivity contribution in [3.05, 3.63) is 62.6 Å². The number of aromatic hydroxyl groups is 1. The minimum absolute atomic E-state index is 0.00245. The summed E-state index contributed by atoms with van der Waals surface area (Å²) in [6, 6.07) is 10.4. The average molecular weight is 394 g/mol. The Morgan fingerprint density at radius 3 is 2.88 bits per heavy atom. The van der Waals surface area contributed by atoms with E-state index in [2.05, 4.69) is 26.5 Å². The van der Waals surface area contributed by atoms with Crippen LogP contribution in [0.5, 0.6) is 11.5 Å². The van der Waals surface area contributed by atoms with Crippen LogP contribution >= 0.6 is 15.9 Å². The lowest BCUT2D eigenvalue weighted by molar-refractivity contribution is -0.385. The Balaban J connectivity index is 1.91. The predicted octanol–water partition coefficient (Wildman–Crippen LogP) is 2.59. The Bertz CT molecular complexity index is 794. The van der Waals surface area contributed by atoms with Crippen LogP contribution in [0, 0.1) is 10.1 Å². The number of hydrazone groups is 1. The van der Waals surface area contributed by atoms with E-state index >= 15 is 0 Å². The van der Waals surface area contributed by atoms with Gasteiger partial charge >= 0.3 is 5.69 Å². The Morgan fingerprint density at radius 2 is 2.12 bits per heavy atom. The lowest BCUT2D eigenvalue weighted by Crippen LogP contribution is -2.24. The largest absolute Gasteiger partial charge is 0.508 e. The predicted molar refractivity (Wildman–Crippen MR) is 90.1 cm³/mol. The van der Waals surface area contributed by atoms with Gasteiger partial charge in [-0.25, -0.2) is 5.43 Å². The van der Waals surface area contributed by atoms with Gasteiger partial charge in [0.2, 0.25) is 0 Å². The van der Waals surface area contributed by atoms with E-state index < -0.39 is 17.4 Å². The summed E-state index contributed by atoms with van der Waals surface area (Å²) in [7, 11) is 0. The first-order valence-corrected chi connectivity index (χ1v) is 7.43. The molecule has 0 fully saturated rings. The van der Waals surface area contributed by atoms with Gasteiger partial charge in [0.1, 0.15) is 5.75 Å². The molecule has 0 unspecified atom stereocenters. The van der Waals surface area contributed by atoms with Crippen molar-refractivity contribution >= 4 is 33.7 Å². The normalized spacial score (nSPS) is 10.5. The second-order valence-corrected chi connectivity index (χ2v) is 5.37. The fourth-order valence-electron chi connectivity index (χ4n) is 1.71. The summed E-state index contributed by atoms with van der Waals surface area (Å²) in [6.07, 6.45) is 1.34. The van der Waals surface area contributed by atoms with Crippen LogP contribution in [0.25, 0.3) is 0 Å². The lowest BCUT2D eigenvalue weighted by Gasteiger charge is -2.05. The number of nitrogens with zero attached hydrogens (tertiary/aromatic N) is 2. The fourth-order valence-corrected chi connectivity index (χ4v) is 2.06. The summed E-state index contributed by atoms with van der Waals surface area (Å²) < 4.78 is 5.82. The number of nitrogens with one attached hydrogen (secondary N) is 1. The van der Waals surface area contributed by atoms with E-state index in [9.17, 15) is 20.0 Å². The summed E-state index contributed by atoms with van der Waals surface area (Å²) in [6.45, 7) is -0.427. The zero-order valence-electron chi connectivity index (χ0n) is 12.2. The molecule has 2 aromatic carbocycles. The number of phenolic OH excluding ortho intramolecular Hbond substituents is 1. The summed E-state index contributed by atoms with van der Waals surface area (Å²) in [5.74, 6) is -0.524. The summed E-state index contributed by atoms with van der Waals surface area (Å²) >= 11 is 3.28. The molecule has 0 aromatic heterocycles. The lowest BCUT2D eigenvalue weighted by atomic mass is 10.2. The van der Waals surface area contributed by atoms with E-state index in [0.717, 1.165) is 0 Å². The highest BCUT2D eigenvalue weighted by atomic mass is 79.9. The van der Waals surface area contributed by atoms with Gasteiger partial charge in [0.05, 0.1) is 11.1 Å². The third-order valence-electron chi connectivity index (χ3n) is 2.79. The van der Waals surface area contributed by atoms with E-state index in [1.807, 2.05) is 0 Å². The minimum atomic E-state index is -0.592. The van der Waals surface area contributed by atoms with E-state index in [0.29, 0.717) is 10.0 Å². The molecule has 124 valence electrons. The maximum absolute atomic E-state index is 11.7. The van der Waals surface area contributed by atoms with Crippen LogP contribution in [0.3, 0.4) is 0 Å². The number of halogens is 1. The number of hydrogen-bond acceptors (Lipinski definition) is 6. The molecule has 0 radical (unpaired) electrons. The number of hydrogen-bond donors (Lipinski definition) is 2. The van der Waals surface area contributed by atoms with Gasteiger partial charge in [-0.15, -0.1) is 0 Å². The first-order valence-electron chi connectivity index (χ1n) is 6.64. The summed E-state index contributed by atoms with van der Waals surface area (Å²) in [5, 5.41) is 23.9. The van der Waals surface area contributed by atoms with Crippen LogP contribution in [-0.4, -0.2) is 28.8 Å². The standard InChI is InChI=1S/C15H12BrN3O5/c16-12-6-5-11(20)7-10(12)8-17-18-15(21)9-24-14-4-2-1-3-13(14)19(22)23/h1-8,20H,9H2,(H,18,21). The third-order valence-corrected chi connectivity index (χ3v) is 3.52. The smallest absolute Gasteiger partial charge is 0.310 e. The third kappa shape index (κ3) is 4.78. The van der Waals surface area contributed by atoms with Gasteiger partial charge in [0, 0.05) is 16.1 Å². The van der Waals surface area contributed by atoms with Crippen molar-refractivity contribution in [1.82, 2.24) is 5.43 Å². The molecule has 0 saturated heterocycles. The van der Waals surface area contributed by atoms with Gasteiger partial charge in [0.25, 0.3) is 5.91 Å². The van der Waals surface area contributed by atoms with Crippen molar-refractivity contribution in [2.75, 3.05) is 6.61 Å². The summed E-state index contributed by atoms with van der Waals surface area (Å²) in [5.41, 5.74) is 2.57. The molecule has 0 atom stereocenters. The van der Waals surface area contributed by atoms with Crippen molar-refractivity contribution < 1.29 is 19.6 Å². The molecule has 0 saturated carbocycles. The van der Waals surface area contributed by atoms with Gasteiger partial charge in [-0.2, -0.15) is 5.10 Å². The van der Waals surface area contributed by atoms with E-state index in [-0.39, 0.29) is 17.2 Å². The molecule has 2 aromatic rings. The maximum Gasteiger partial charge on any atom is 0.310 e. The van der Waals surface area contributed by atoms with Gasteiger partial charge < -0.3 is 9.84 Å². The Kier molecular flexibility index (Phi) is 5.85. The number of ether oxygens (including phenoxy) is 1. The first-order chi connectivity index (χ1) is 11.5. The quantitative estimate of drug-likeness (QED) is 0.444. The number of nitro groups is 1. The molecule has 9 heteroatoms. The molecule has 0 spiro atoms. The first kappa shape index (κ1) is 17.4. The average Bonchev–Trinajstić information content (AvgIpc) is 2.56. The van der Waals surface area contributed by atoms with E-state index in [1.165, 1.54) is 36.5 Å². The zero-order chi connectivity index (χ0) is 17.5. The molecule has 0 aliphatic heterocycles. The second-order valence-electron chi connectivity index (χ2n) is 4.51. The molecule has 0 bridgehead atoms. The molecule has 0 aliphatic carbocycles. The second kappa shape index (κ2) is 8.06. The Labute approximate surface area is 145 Å². The highest BCUT2D eigenvalue weighted by Gasteiger charge is 2.14. The van der Waals surface area contributed by atoms with Crippen LogP contribution in [0.4, 0.5) is 5.69 Å². The topological polar surface area (TPSA) is 114 Å². The number of nitro benzene ring substituents is 1. The highest BCUT2D eigenvalue weighted by molar-refractivity contribution is 9.10. The highest BCUT2D eigenvalue weighted by Crippen LogP contribution is 2.25. The molecule has 8 nitrogen and oxygen atoms in total.